The van der Waals surface area contributed by atoms with Crippen molar-refractivity contribution in [3.8, 4) is 0 Å². The van der Waals surface area contributed by atoms with Gasteiger partial charge in [-0.3, -0.25) is 9.48 Å². The molecule has 5 nitrogen and oxygen atoms in total. The average Bonchev–Trinajstić information content (AvgIpc) is 2.79. The molecule has 0 unspecified atom stereocenters. The van der Waals surface area contributed by atoms with Gasteiger partial charge in [0.1, 0.15) is 5.15 Å². The predicted molar refractivity (Wildman–Crippen MR) is 97.9 cm³/mol. The van der Waals surface area contributed by atoms with Gasteiger partial charge in [-0.15, -0.1) is 0 Å². The number of ether oxygens (including phenoxy) is 1. The molecule has 1 heterocycles. The first kappa shape index (κ1) is 18.9. The largest absolute Gasteiger partial charge is 0.454 e. The van der Waals surface area contributed by atoms with Crippen molar-refractivity contribution in [1.29, 1.82) is 0 Å². The molecule has 0 radical (unpaired) electrons. The Kier molecular flexibility index (Phi) is 5.80. The molecule has 1 aromatic heterocycles. The summed E-state index contributed by atoms with van der Waals surface area (Å²) in [4.78, 5) is 24.1. The summed E-state index contributed by atoms with van der Waals surface area (Å²) >= 11 is 6.09. The van der Waals surface area contributed by atoms with Gasteiger partial charge < -0.3 is 4.74 Å². The molecule has 0 bridgehead atoms. The Morgan fingerprint density at radius 2 is 1.80 bits per heavy atom. The summed E-state index contributed by atoms with van der Waals surface area (Å²) in [7, 11) is 1.72. The molecule has 25 heavy (non-hydrogen) atoms. The number of Topliss-reactive ketones (excluding diaryl/α,β-unsaturated/α-hetero) is 1. The fraction of sp³-hybridized carbons (Fsp3) is 0.316. The van der Waals surface area contributed by atoms with Crippen LogP contribution < -0.4 is 0 Å². The standard InChI is InChI=1S/C19H21ClN2O3/c1-11-8-13(3)16(9-12(11)2)17(23)10-25-18(24)7-6-15-14(4)21-22(5)19(15)20/h6-9H,10H2,1-5H3/b7-6+. The van der Waals surface area contributed by atoms with Crippen molar-refractivity contribution in [2.75, 3.05) is 6.61 Å². The Bertz CT molecular complexity index is 866. The van der Waals surface area contributed by atoms with Crippen LogP contribution in [-0.2, 0) is 16.6 Å². The number of hydrogen-bond donors (Lipinski definition) is 0. The van der Waals surface area contributed by atoms with E-state index in [0.717, 1.165) is 16.7 Å². The number of aryl methyl sites for hydroxylation is 5. The lowest BCUT2D eigenvalue weighted by Gasteiger charge is -2.09. The lowest BCUT2D eigenvalue weighted by Crippen LogP contribution is -2.14. The Morgan fingerprint density at radius 1 is 1.16 bits per heavy atom. The zero-order chi connectivity index (χ0) is 18.7. The monoisotopic (exact) mass is 360 g/mol. The normalized spacial score (nSPS) is 11.1. The molecule has 0 saturated heterocycles. The van der Waals surface area contributed by atoms with Gasteiger partial charge in [0.25, 0.3) is 0 Å². The molecule has 0 N–H and O–H groups in total. The Morgan fingerprint density at radius 3 is 2.40 bits per heavy atom. The van der Waals surface area contributed by atoms with Gasteiger partial charge in [-0.2, -0.15) is 5.10 Å². The van der Waals surface area contributed by atoms with E-state index in [2.05, 4.69) is 5.10 Å². The van der Waals surface area contributed by atoms with E-state index in [9.17, 15) is 9.59 Å². The van der Waals surface area contributed by atoms with Crippen molar-refractivity contribution in [2.45, 2.75) is 27.7 Å². The quantitative estimate of drug-likeness (QED) is 0.463. The van der Waals surface area contributed by atoms with Crippen LogP contribution in [0.1, 0.15) is 38.3 Å². The number of esters is 1. The second-order valence-electron chi connectivity index (χ2n) is 6.03. The maximum absolute atomic E-state index is 12.3. The number of benzene rings is 1. The maximum atomic E-state index is 12.3. The molecule has 0 amide bonds. The van der Waals surface area contributed by atoms with E-state index in [-0.39, 0.29) is 12.4 Å². The number of halogens is 1. The van der Waals surface area contributed by atoms with Crippen LogP contribution in [0.5, 0.6) is 0 Å². The molecular formula is C19H21ClN2O3. The van der Waals surface area contributed by atoms with Crippen LogP contribution in [0.15, 0.2) is 18.2 Å². The Labute approximate surface area is 152 Å². The first-order chi connectivity index (χ1) is 11.7. The van der Waals surface area contributed by atoms with E-state index in [0.29, 0.717) is 22.0 Å². The smallest absolute Gasteiger partial charge is 0.331 e. The molecular weight excluding hydrogens is 340 g/mol. The number of aromatic nitrogens is 2. The van der Waals surface area contributed by atoms with E-state index >= 15 is 0 Å². The first-order valence-corrected chi connectivity index (χ1v) is 8.23. The summed E-state index contributed by atoms with van der Waals surface area (Å²) < 4.78 is 6.57. The summed E-state index contributed by atoms with van der Waals surface area (Å²) in [5, 5.41) is 4.59. The van der Waals surface area contributed by atoms with Crippen molar-refractivity contribution >= 4 is 29.4 Å². The number of hydrogen-bond acceptors (Lipinski definition) is 4. The third-order valence-corrected chi connectivity index (χ3v) is 4.52. The number of ketones is 1. The Balaban J connectivity index is 2.01. The zero-order valence-electron chi connectivity index (χ0n) is 15.0. The van der Waals surface area contributed by atoms with E-state index in [1.54, 1.807) is 20.0 Å². The number of nitrogens with zero attached hydrogens (tertiary/aromatic N) is 2. The Hall–Kier alpha value is -2.40. The van der Waals surface area contributed by atoms with E-state index < -0.39 is 5.97 Å². The summed E-state index contributed by atoms with van der Waals surface area (Å²) in [6, 6.07) is 3.78. The van der Waals surface area contributed by atoms with Crippen LogP contribution in [0, 0.1) is 27.7 Å². The maximum Gasteiger partial charge on any atom is 0.331 e. The topological polar surface area (TPSA) is 61.2 Å². The number of rotatable bonds is 5. The summed E-state index contributed by atoms with van der Waals surface area (Å²) in [6.45, 7) is 7.30. The molecule has 0 aliphatic heterocycles. The fourth-order valence-corrected chi connectivity index (χ4v) is 2.75. The lowest BCUT2D eigenvalue weighted by atomic mass is 9.98. The lowest BCUT2D eigenvalue weighted by molar-refractivity contribution is -0.136. The van der Waals surface area contributed by atoms with Gasteiger partial charge in [0, 0.05) is 24.3 Å². The van der Waals surface area contributed by atoms with Gasteiger partial charge in [-0.1, -0.05) is 17.7 Å². The number of carbonyl (C=O) groups is 2. The summed E-state index contributed by atoms with van der Waals surface area (Å²) in [5.41, 5.74) is 4.96. The molecule has 2 rings (SSSR count). The molecule has 0 atom stereocenters. The average molecular weight is 361 g/mol. The molecule has 0 saturated carbocycles. The van der Waals surface area contributed by atoms with Gasteiger partial charge in [-0.25, -0.2) is 4.79 Å². The highest BCUT2D eigenvalue weighted by Crippen LogP contribution is 2.20. The van der Waals surface area contributed by atoms with Crippen LogP contribution >= 0.6 is 11.6 Å². The van der Waals surface area contributed by atoms with Gasteiger partial charge in [-0.05, 0) is 56.5 Å². The van der Waals surface area contributed by atoms with Gasteiger partial charge >= 0.3 is 5.97 Å². The third-order valence-electron chi connectivity index (χ3n) is 4.07. The predicted octanol–water partition coefficient (Wildman–Crippen LogP) is 3.75. The second-order valence-corrected chi connectivity index (χ2v) is 6.39. The van der Waals surface area contributed by atoms with Crippen LogP contribution in [0.4, 0.5) is 0 Å². The second kappa shape index (κ2) is 7.66. The minimum atomic E-state index is -0.603. The molecule has 6 heteroatoms. The van der Waals surface area contributed by atoms with Crippen molar-refractivity contribution in [3.05, 3.63) is 56.9 Å². The molecule has 2 aromatic rings. The highest BCUT2D eigenvalue weighted by atomic mass is 35.5. The molecule has 0 spiro atoms. The first-order valence-electron chi connectivity index (χ1n) is 7.85. The highest BCUT2D eigenvalue weighted by molar-refractivity contribution is 6.31. The number of carbonyl (C=O) groups excluding carboxylic acids is 2. The van der Waals surface area contributed by atoms with Crippen LogP contribution in [0.2, 0.25) is 5.15 Å². The van der Waals surface area contributed by atoms with Gasteiger partial charge in [0.2, 0.25) is 5.78 Å². The van der Waals surface area contributed by atoms with E-state index in [4.69, 9.17) is 16.3 Å². The third kappa shape index (κ3) is 4.37. The van der Waals surface area contributed by atoms with Crippen LogP contribution in [0.25, 0.3) is 6.08 Å². The molecule has 132 valence electrons. The minimum Gasteiger partial charge on any atom is -0.454 e. The van der Waals surface area contributed by atoms with Gasteiger partial charge in [0.05, 0.1) is 5.69 Å². The molecule has 0 fully saturated rings. The van der Waals surface area contributed by atoms with Crippen LogP contribution in [-0.4, -0.2) is 28.1 Å². The minimum absolute atomic E-state index is 0.224. The molecule has 1 aromatic carbocycles. The van der Waals surface area contributed by atoms with Gasteiger partial charge in [0.15, 0.2) is 6.61 Å². The summed E-state index contributed by atoms with van der Waals surface area (Å²) in [5.74, 6) is -0.827. The van der Waals surface area contributed by atoms with E-state index in [1.807, 2.05) is 32.9 Å². The fourth-order valence-electron chi connectivity index (χ4n) is 2.51. The zero-order valence-corrected chi connectivity index (χ0v) is 15.8. The summed E-state index contributed by atoms with van der Waals surface area (Å²) in [6.07, 6.45) is 2.79. The van der Waals surface area contributed by atoms with Crippen LogP contribution in [0.3, 0.4) is 0 Å². The SMILES string of the molecule is Cc1cc(C)c(C(=O)COC(=O)/C=C/c2c(C)nn(C)c2Cl)cc1C. The van der Waals surface area contributed by atoms with Crippen molar-refractivity contribution in [2.24, 2.45) is 7.05 Å². The van der Waals surface area contributed by atoms with Crippen molar-refractivity contribution in [1.82, 2.24) is 9.78 Å². The van der Waals surface area contributed by atoms with Crippen molar-refractivity contribution in [3.63, 3.8) is 0 Å². The molecule has 0 aliphatic carbocycles. The van der Waals surface area contributed by atoms with E-state index in [1.165, 1.54) is 10.8 Å². The van der Waals surface area contributed by atoms with Crippen molar-refractivity contribution < 1.29 is 14.3 Å². The molecule has 0 aliphatic rings. The highest BCUT2D eigenvalue weighted by Gasteiger charge is 2.13.